The number of hydrogen-bond acceptors (Lipinski definition) is 6. The van der Waals surface area contributed by atoms with Crippen molar-refractivity contribution in [2.24, 2.45) is 5.92 Å². The number of carbonyl (C=O) groups is 2. The number of carbonyl (C=O) groups excluding carboxylic acids is 1. The molecule has 0 aliphatic carbocycles. The van der Waals surface area contributed by atoms with Gasteiger partial charge in [0.1, 0.15) is 21.9 Å². The van der Waals surface area contributed by atoms with E-state index in [0.717, 1.165) is 11.8 Å². The number of benzene rings is 1. The first-order chi connectivity index (χ1) is 11.8. The van der Waals surface area contributed by atoms with Gasteiger partial charge in [-0.1, -0.05) is 37.8 Å². The fourth-order valence-corrected chi connectivity index (χ4v) is 3.81. The number of carboxylic acid groups (broad SMARTS) is 1. The van der Waals surface area contributed by atoms with Crippen LogP contribution in [0.1, 0.15) is 19.4 Å². The van der Waals surface area contributed by atoms with Crippen LogP contribution in [0.2, 0.25) is 0 Å². The average Bonchev–Trinajstić information content (AvgIpc) is 2.82. The van der Waals surface area contributed by atoms with E-state index in [1.165, 1.54) is 12.0 Å². The molecular weight excluding hydrogens is 362 g/mol. The molecule has 2 rings (SSSR count). The van der Waals surface area contributed by atoms with Gasteiger partial charge in [-0.25, -0.2) is 4.79 Å². The smallest absolute Gasteiger partial charge is 0.327 e. The fraction of sp³-hybridized carbons (Fsp3) is 0.353. The van der Waals surface area contributed by atoms with Crippen molar-refractivity contribution in [2.75, 3.05) is 14.2 Å². The third kappa shape index (κ3) is 3.96. The molecule has 0 saturated carbocycles. The van der Waals surface area contributed by atoms with Crippen LogP contribution in [0.4, 0.5) is 0 Å². The number of methoxy groups -OCH3 is 2. The first-order valence-corrected chi connectivity index (χ1v) is 8.74. The van der Waals surface area contributed by atoms with Gasteiger partial charge >= 0.3 is 5.97 Å². The average molecular weight is 381 g/mol. The van der Waals surface area contributed by atoms with Gasteiger partial charge in [0, 0.05) is 11.6 Å². The Balaban J connectivity index is 2.39. The van der Waals surface area contributed by atoms with Gasteiger partial charge in [0.15, 0.2) is 0 Å². The third-order valence-corrected chi connectivity index (χ3v) is 5.04. The highest BCUT2D eigenvalue weighted by Crippen LogP contribution is 2.37. The number of amides is 1. The summed E-state index contributed by atoms with van der Waals surface area (Å²) in [5, 5.41) is 9.44. The summed E-state index contributed by atoms with van der Waals surface area (Å²) >= 11 is 6.33. The van der Waals surface area contributed by atoms with Crippen LogP contribution in [0.3, 0.4) is 0 Å². The maximum absolute atomic E-state index is 12.7. The van der Waals surface area contributed by atoms with E-state index in [0.29, 0.717) is 22.0 Å². The second-order valence-electron chi connectivity index (χ2n) is 5.69. The molecule has 1 aliphatic rings. The number of aliphatic carboxylic acids is 1. The molecule has 1 heterocycles. The van der Waals surface area contributed by atoms with Crippen molar-refractivity contribution in [1.82, 2.24) is 4.90 Å². The molecule has 6 nitrogen and oxygen atoms in total. The van der Waals surface area contributed by atoms with Crippen LogP contribution in [0.25, 0.3) is 6.08 Å². The van der Waals surface area contributed by atoms with Crippen LogP contribution < -0.4 is 9.47 Å². The van der Waals surface area contributed by atoms with Crippen molar-refractivity contribution >= 4 is 46.3 Å². The van der Waals surface area contributed by atoms with E-state index < -0.39 is 17.9 Å². The molecule has 134 valence electrons. The second kappa shape index (κ2) is 7.88. The fourth-order valence-electron chi connectivity index (χ4n) is 2.49. The van der Waals surface area contributed by atoms with Crippen molar-refractivity contribution in [1.29, 1.82) is 0 Å². The van der Waals surface area contributed by atoms with Crippen LogP contribution in [-0.4, -0.2) is 46.5 Å². The quantitative estimate of drug-likeness (QED) is 0.599. The lowest BCUT2D eigenvalue weighted by Gasteiger charge is -2.26. The monoisotopic (exact) mass is 381 g/mol. The molecule has 1 N–H and O–H groups in total. The second-order valence-corrected chi connectivity index (χ2v) is 7.36. The molecule has 0 bridgehead atoms. The van der Waals surface area contributed by atoms with Crippen molar-refractivity contribution in [3.63, 3.8) is 0 Å². The Kier molecular flexibility index (Phi) is 6.07. The highest BCUT2D eigenvalue weighted by Gasteiger charge is 2.41. The molecule has 1 aromatic rings. The molecule has 1 aliphatic heterocycles. The first-order valence-electron chi connectivity index (χ1n) is 7.52. The summed E-state index contributed by atoms with van der Waals surface area (Å²) in [4.78, 5) is 25.8. The van der Waals surface area contributed by atoms with Gasteiger partial charge in [0.2, 0.25) is 0 Å². The van der Waals surface area contributed by atoms with Gasteiger partial charge in [-0.05, 0) is 24.1 Å². The summed E-state index contributed by atoms with van der Waals surface area (Å²) in [5.41, 5.74) is 0.681. The van der Waals surface area contributed by atoms with E-state index in [1.807, 2.05) is 0 Å². The summed E-state index contributed by atoms with van der Waals surface area (Å²) in [5.74, 6) is -0.575. The van der Waals surface area contributed by atoms with Gasteiger partial charge < -0.3 is 14.6 Å². The molecule has 0 unspecified atom stereocenters. The minimum atomic E-state index is -1.07. The van der Waals surface area contributed by atoms with Crippen molar-refractivity contribution < 1.29 is 24.2 Å². The lowest BCUT2D eigenvalue weighted by molar-refractivity contribution is -0.146. The third-order valence-electron chi connectivity index (χ3n) is 3.71. The Morgan fingerprint density at radius 3 is 2.52 bits per heavy atom. The highest BCUT2D eigenvalue weighted by molar-refractivity contribution is 8.26. The number of ether oxygens (including phenoxy) is 2. The SMILES string of the molecule is COc1ccc(/C=C2\SC(=S)N([C@@H](C(=O)O)C(C)C)C2=O)c(OC)c1. The molecule has 1 atom stereocenters. The highest BCUT2D eigenvalue weighted by atomic mass is 32.2. The molecule has 0 radical (unpaired) electrons. The zero-order chi connectivity index (χ0) is 18.7. The van der Waals surface area contributed by atoms with E-state index in [2.05, 4.69) is 0 Å². The van der Waals surface area contributed by atoms with Gasteiger partial charge in [-0.15, -0.1) is 0 Å². The number of hydrogen-bond donors (Lipinski definition) is 1. The van der Waals surface area contributed by atoms with Gasteiger partial charge in [-0.2, -0.15) is 0 Å². The Hall–Kier alpha value is -2.06. The predicted octanol–water partition coefficient (Wildman–Crippen LogP) is 3.01. The number of thiocarbonyl (C=S) groups is 1. The van der Waals surface area contributed by atoms with Crippen LogP contribution >= 0.6 is 24.0 Å². The van der Waals surface area contributed by atoms with Gasteiger partial charge in [0.25, 0.3) is 5.91 Å². The van der Waals surface area contributed by atoms with Gasteiger partial charge in [0.05, 0.1) is 19.1 Å². The summed E-state index contributed by atoms with van der Waals surface area (Å²) in [6, 6.07) is 4.24. The number of rotatable bonds is 6. The normalized spacial score (nSPS) is 17.3. The summed E-state index contributed by atoms with van der Waals surface area (Å²) in [7, 11) is 3.08. The van der Waals surface area contributed by atoms with E-state index in [1.54, 1.807) is 45.2 Å². The van der Waals surface area contributed by atoms with Crippen LogP contribution in [-0.2, 0) is 9.59 Å². The van der Waals surface area contributed by atoms with E-state index in [9.17, 15) is 14.7 Å². The maximum atomic E-state index is 12.7. The molecule has 1 aromatic carbocycles. The lowest BCUT2D eigenvalue weighted by atomic mass is 10.0. The molecule has 8 heteroatoms. The zero-order valence-corrected chi connectivity index (χ0v) is 15.9. The van der Waals surface area contributed by atoms with E-state index in [-0.39, 0.29) is 10.2 Å². The Bertz CT molecular complexity index is 745. The Morgan fingerprint density at radius 2 is 2.00 bits per heavy atom. The molecule has 1 fully saturated rings. The topological polar surface area (TPSA) is 76.1 Å². The van der Waals surface area contributed by atoms with Crippen molar-refractivity contribution in [3.05, 3.63) is 28.7 Å². The molecular formula is C17H19NO5S2. The molecule has 1 saturated heterocycles. The molecule has 0 aromatic heterocycles. The number of carboxylic acids is 1. The van der Waals surface area contributed by atoms with Crippen LogP contribution in [0, 0.1) is 5.92 Å². The van der Waals surface area contributed by atoms with E-state index >= 15 is 0 Å². The molecule has 1 amide bonds. The maximum Gasteiger partial charge on any atom is 0.327 e. The Morgan fingerprint density at radius 1 is 1.32 bits per heavy atom. The van der Waals surface area contributed by atoms with Crippen LogP contribution in [0.15, 0.2) is 23.1 Å². The number of nitrogens with zero attached hydrogens (tertiary/aromatic N) is 1. The summed E-state index contributed by atoms with van der Waals surface area (Å²) in [6.07, 6.45) is 1.65. The predicted molar refractivity (Wildman–Crippen MR) is 101 cm³/mol. The van der Waals surface area contributed by atoms with Crippen molar-refractivity contribution in [2.45, 2.75) is 19.9 Å². The molecule has 0 spiro atoms. The lowest BCUT2D eigenvalue weighted by Crippen LogP contribution is -2.47. The summed E-state index contributed by atoms with van der Waals surface area (Å²) < 4.78 is 10.7. The number of thioether (sulfide) groups is 1. The zero-order valence-electron chi connectivity index (χ0n) is 14.3. The minimum Gasteiger partial charge on any atom is -0.497 e. The van der Waals surface area contributed by atoms with Gasteiger partial charge in [-0.3, -0.25) is 9.69 Å². The standard InChI is InChI=1S/C17H19NO5S2/c1-9(2)14(16(20)21)18-15(19)13(25-17(18)24)7-10-5-6-11(22-3)8-12(10)23-4/h5-9,14H,1-4H3,(H,20,21)/b13-7-/t14-/m1/s1. The molecule has 25 heavy (non-hydrogen) atoms. The van der Waals surface area contributed by atoms with Crippen LogP contribution in [0.5, 0.6) is 11.5 Å². The Labute approximate surface area is 155 Å². The van der Waals surface area contributed by atoms with E-state index in [4.69, 9.17) is 21.7 Å². The summed E-state index contributed by atoms with van der Waals surface area (Å²) in [6.45, 7) is 3.49. The first kappa shape index (κ1) is 19.3. The minimum absolute atomic E-state index is 0.241. The largest absolute Gasteiger partial charge is 0.497 e. The van der Waals surface area contributed by atoms with Crippen molar-refractivity contribution in [3.8, 4) is 11.5 Å².